The molecule has 46 heavy (non-hydrogen) atoms. The van der Waals surface area contributed by atoms with Crippen molar-refractivity contribution in [2.45, 2.75) is 38.9 Å². The number of halogens is 1. The van der Waals surface area contributed by atoms with Crippen molar-refractivity contribution in [1.29, 1.82) is 0 Å². The van der Waals surface area contributed by atoms with E-state index in [4.69, 9.17) is 26.3 Å². The Labute approximate surface area is 276 Å². The van der Waals surface area contributed by atoms with Gasteiger partial charge in [0.25, 0.3) is 0 Å². The topological polar surface area (TPSA) is 130 Å². The molecule has 1 aliphatic rings. The van der Waals surface area contributed by atoms with E-state index >= 15 is 0 Å². The fraction of sp³-hybridized carbons (Fsp3) is 0.265. The third-order valence-electron chi connectivity index (χ3n) is 7.93. The average Bonchev–Trinajstić information content (AvgIpc) is 3.68. The highest BCUT2D eigenvalue weighted by atomic mass is 35.5. The molecule has 1 fully saturated rings. The number of nitrogens with zero attached hydrogens (tertiary/aromatic N) is 3. The first kappa shape index (κ1) is 31.6. The van der Waals surface area contributed by atoms with E-state index in [2.05, 4.69) is 39.2 Å². The molecule has 1 saturated heterocycles. The molecule has 1 amide bonds. The van der Waals surface area contributed by atoms with Gasteiger partial charge in [0, 0.05) is 55.0 Å². The Kier molecular flexibility index (Phi) is 9.84. The summed E-state index contributed by atoms with van der Waals surface area (Å²) in [6.45, 7) is 4.13. The van der Waals surface area contributed by atoms with Gasteiger partial charge >= 0.3 is 0 Å². The molecule has 0 aliphatic carbocycles. The van der Waals surface area contributed by atoms with Crippen molar-refractivity contribution in [3.05, 3.63) is 82.0 Å². The summed E-state index contributed by atoms with van der Waals surface area (Å²) in [5, 5.41) is 14.3. The molecule has 3 aromatic heterocycles. The van der Waals surface area contributed by atoms with Gasteiger partial charge in [0.15, 0.2) is 5.82 Å². The number of aromatic nitrogens is 3. The first-order valence-corrected chi connectivity index (χ1v) is 16.2. The summed E-state index contributed by atoms with van der Waals surface area (Å²) in [5.74, 6) is 1.28. The van der Waals surface area contributed by atoms with Crippen LogP contribution in [0.5, 0.6) is 5.88 Å². The minimum absolute atomic E-state index is 0.109. The van der Waals surface area contributed by atoms with Gasteiger partial charge in [0.1, 0.15) is 16.8 Å². The van der Waals surface area contributed by atoms with Crippen molar-refractivity contribution in [2.24, 2.45) is 0 Å². The highest BCUT2D eigenvalue weighted by molar-refractivity contribution is 7.18. The first-order chi connectivity index (χ1) is 22.4. The fourth-order valence-corrected chi connectivity index (χ4v) is 6.83. The van der Waals surface area contributed by atoms with Crippen LogP contribution in [0.1, 0.15) is 29.0 Å². The van der Waals surface area contributed by atoms with Crippen LogP contribution in [0.3, 0.4) is 0 Å². The van der Waals surface area contributed by atoms with Gasteiger partial charge < -0.3 is 30.8 Å². The van der Waals surface area contributed by atoms with E-state index < -0.39 is 0 Å². The SMILES string of the molecule is COc1nc(-c2cccc(-c3cccc(Nc4nccc5sc(CNCC=O)nc45)c3Cl)c2C)ccc1CNCC1CCC(=O)N1. The van der Waals surface area contributed by atoms with Gasteiger partial charge in [-0.1, -0.05) is 48.0 Å². The third-order valence-corrected chi connectivity index (χ3v) is 9.36. The summed E-state index contributed by atoms with van der Waals surface area (Å²) < 4.78 is 6.66. The Morgan fingerprint density at radius 3 is 2.67 bits per heavy atom. The van der Waals surface area contributed by atoms with Gasteiger partial charge in [-0.25, -0.2) is 15.0 Å². The number of rotatable bonds is 13. The maximum Gasteiger partial charge on any atom is 0.220 e. The van der Waals surface area contributed by atoms with Crippen LogP contribution in [0, 0.1) is 6.92 Å². The lowest BCUT2D eigenvalue weighted by molar-refractivity contribution is -0.119. The van der Waals surface area contributed by atoms with E-state index in [1.54, 1.807) is 24.6 Å². The van der Waals surface area contributed by atoms with E-state index in [-0.39, 0.29) is 18.5 Å². The zero-order valence-electron chi connectivity index (χ0n) is 25.5. The van der Waals surface area contributed by atoms with Crippen LogP contribution >= 0.6 is 22.9 Å². The zero-order chi connectivity index (χ0) is 32.0. The van der Waals surface area contributed by atoms with Crippen LogP contribution in [0.2, 0.25) is 5.02 Å². The highest BCUT2D eigenvalue weighted by Crippen LogP contribution is 2.40. The molecule has 4 heterocycles. The van der Waals surface area contributed by atoms with Crippen molar-refractivity contribution in [2.75, 3.05) is 25.5 Å². The summed E-state index contributed by atoms with van der Waals surface area (Å²) in [6, 6.07) is 18.1. The molecule has 0 radical (unpaired) electrons. The summed E-state index contributed by atoms with van der Waals surface area (Å²) in [6.07, 6.45) is 4.01. The second kappa shape index (κ2) is 14.3. The molecule has 10 nitrogen and oxygen atoms in total. The lowest BCUT2D eigenvalue weighted by Gasteiger charge is -2.17. The standard InChI is InChI=1S/C34H34ClN7O3S/c1-20-23(5-3-6-24(20)26-11-9-21(34(41-26)45-2)17-37-18-22-10-12-29(44)39-22)25-7-4-8-27(31(25)35)40-33-32-28(13-14-38-33)46-30(42-32)19-36-15-16-43/h3-9,11,13-14,16,22,36-37H,10,12,15,17-19H2,1-2H3,(H,38,40)(H,39,44). The van der Waals surface area contributed by atoms with Crippen LogP contribution in [0.25, 0.3) is 32.6 Å². The Morgan fingerprint density at radius 2 is 1.87 bits per heavy atom. The van der Waals surface area contributed by atoms with E-state index in [1.807, 2.05) is 48.5 Å². The lowest BCUT2D eigenvalue weighted by atomic mass is 9.94. The Morgan fingerprint density at radius 1 is 1.04 bits per heavy atom. The van der Waals surface area contributed by atoms with Crippen LogP contribution in [-0.2, 0) is 22.7 Å². The predicted octanol–water partition coefficient (Wildman–Crippen LogP) is 5.79. The molecule has 6 rings (SSSR count). The van der Waals surface area contributed by atoms with Gasteiger partial charge in [0.05, 0.1) is 34.8 Å². The number of thiazole rings is 1. The number of carbonyl (C=O) groups excluding carboxylic acids is 2. The smallest absolute Gasteiger partial charge is 0.220 e. The molecule has 0 spiro atoms. The molecule has 0 bridgehead atoms. The quantitative estimate of drug-likeness (QED) is 0.0920. The Hall–Kier alpha value is -4.42. The second-order valence-corrected chi connectivity index (χ2v) is 12.5. The molecule has 1 atom stereocenters. The van der Waals surface area contributed by atoms with Crippen LogP contribution in [0.15, 0.2) is 60.8 Å². The Balaban J connectivity index is 1.23. The number of hydrogen-bond acceptors (Lipinski definition) is 10. The summed E-state index contributed by atoms with van der Waals surface area (Å²) >= 11 is 8.62. The van der Waals surface area contributed by atoms with Gasteiger partial charge in [-0.3, -0.25) is 4.79 Å². The van der Waals surface area contributed by atoms with Crippen molar-refractivity contribution in [3.8, 4) is 28.3 Å². The number of anilines is 2. The molecular formula is C34H34ClN7O3S. The van der Waals surface area contributed by atoms with Crippen LogP contribution in [-0.4, -0.2) is 53.4 Å². The first-order valence-electron chi connectivity index (χ1n) is 15.0. The number of methoxy groups -OCH3 is 1. The number of benzene rings is 2. The lowest BCUT2D eigenvalue weighted by Crippen LogP contribution is -2.35. The Bertz CT molecular complexity index is 1900. The second-order valence-electron chi connectivity index (χ2n) is 11.0. The van der Waals surface area contributed by atoms with Crippen molar-refractivity contribution in [1.82, 2.24) is 30.9 Å². The average molecular weight is 656 g/mol. The molecule has 12 heteroatoms. The predicted molar refractivity (Wildman–Crippen MR) is 183 cm³/mol. The van der Waals surface area contributed by atoms with Crippen LogP contribution in [0.4, 0.5) is 11.5 Å². The number of hydrogen-bond donors (Lipinski definition) is 4. The number of carbonyl (C=O) groups is 2. The fourth-order valence-electron chi connectivity index (χ4n) is 5.62. The van der Waals surface area contributed by atoms with Gasteiger partial charge in [0.2, 0.25) is 11.8 Å². The van der Waals surface area contributed by atoms with Crippen molar-refractivity contribution >= 4 is 56.9 Å². The highest BCUT2D eigenvalue weighted by Gasteiger charge is 2.21. The molecule has 4 N–H and O–H groups in total. The number of pyridine rings is 2. The molecule has 236 valence electrons. The molecule has 1 unspecified atom stereocenters. The van der Waals surface area contributed by atoms with Crippen molar-refractivity contribution < 1.29 is 14.3 Å². The number of fused-ring (bicyclic) bond motifs is 1. The molecule has 1 aliphatic heterocycles. The largest absolute Gasteiger partial charge is 0.481 e. The monoisotopic (exact) mass is 655 g/mol. The normalized spacial score (nSPS) is 14.4. The summed E-state index contributed by atoms with van der Waals surface area (Å²) in [4.78, 5) is 36.3. The number of ether oxygens (including phenoxy) is 1. The summed E-state index contributed by atoms with van der Waals surface area (Å²) in [5.41, 5.74) is 7.08. The third kappa shape index (κ3) is 6.87. The van der Waals surface area contributed by atoms with Gasteiger partial charge in [-0.05, 0) is 42.7 Å². The number of amides is 1. The molecular weight excluding hydrogens is 622 g/mol. The van der Waals surface area contributed by atoms with Gasteiger partial charge in [-0.2, -0.15) is 0 Å². The van der Waals surface area contributed by atoms with Crippen molar-refractivity contribution in [3.63, 3.8) is 0 Å². The van der Waals surface area contributed by atoms with E-state index in [1.165, 1.54) is 0 Å². The number of aldehydes is 1. The van der Waals surface area contributed by atoms with Crippen LogP contribution < -0.4 is 26.0 Å². The zero-order valence-corrected chi connectivity index (χ0v) is 27.1. The molecule has 5 aromatic rings. The van der Waals surface area contributed by atoms with E-state index in [0.29, 0.717) is 48.5 Å². The minimum Gasteiger partial charge on any atom is -0.481 e. The van der Waals surface area contributed by atoms with Gasteiger partial charge in [-0.15, -0.1) is 11.3 Å². The molecule has 2 aromatic carbocycles. The number of nitrogens with one attached hydrogen (secondary N) is 4. The maximum absolute atomic E-state index is 11.5. The van der Waals surface area contributed by atoms with E-state index in [0.717, 1.165) is 61.4 Å². The van der Waals surface area contributed by atoms with E-state index in [9.17, 15) is 9.59 Å². The summed E-state index contributed by atoms with van der Waals surface area (Å²) in [7, 11) is 1.63. The molecule has 0 saturated carbocycles. The minimum atomic E-state index is 0.109. The maximum atomic E-state index is 11.5.